The molecule has 3 rings (SSSR count). The predicted molar refractivity (Wildman–Crippen MR) is 126 cm³/mol. The number of nitrogens with one attached hydrogen (secondary N) is 1. The minimum absolute atomic E-state index is 0.0232. The Bertz CT molecular complexity index is 1200. The van der Waals surface area contributed by atoms with Crippen molar-refractivity contribution in [2.24, 2.45) is 0 Å². The van der Waals surface area contributed by atoms with Gasteiger partial charge in [-0.25, -0.2) is 17.7 Å². The molecule has 0 bridgehead atoms. The van der Waals surface area contributed by atoms with Crippen molar-refractivity contribution in [3.8, 4) is 5.75 Å². The molecule has 0 spiro atoms. The molecule has 194 valence electrons. The number of halogens is 6. The quantitative estimate of drug-likeness (QED) is 0.312. The summed E-state index contributed by atoms with van der Waals surface area (Å²) in [4.78, 5) is 0. The lowest BCUT2D eigenvalue weighted by Crippen LogP contribution is -2.50. The molecule has 3 nitrogen and oxygen atoms in total. The molecule has 1 N–H and O–H groups in total. The van der Waals surface area contributed by atoms with Gasteiger partial charge in [0.15, 0.2) is 0 Å². The maximum absolute atomic E-state index is 14.7. The van der Waals surface area contributed by atoms with E-state index >= 15 is 0 Å². The average Bonchev–Trinajstić information content (AvgIpc) is 2.78. The van der Waals surface area contributed by atoms with Gasteiger partial charge in [-0.3, -0.25) is 0 Å². The van der Waals surface area contributed by atoms with Gasteiger partial charge in [0.1, 0.15) is 17.4 Å². The fraction of sp³-hybridized carbons (Fsp3) is 0.308. The smallest absolute Gasteiger partial charge is 0.428 e. The van der Waals surface area contributed by atoms with Gasteiger partial charge in [-0.1, -0.05) is 42.5 Å². The molecule has 3 aromatic carbocycles. The Morgan fingerprint density at radius 1 is 0.861 bits per heavy atom. The van der Waals surface area contributed by atoms with E-state index in [1.807, 2.05) is 0 Å². The van der Waals surface area contributed by atoms with Crippen molar-refractivity contribution in [3.05, 3.63) is 101 Å². The highest BCUT2D eigenvalue weighted by atomic mass is 32.2. The third-order valence-electron chi connectivity index (χ3n) is 5.34. The summed E-state index contributed by atoms with van der Waals surface area (Å²) in [5.41, 5.74) is -0.573. The number of alkyl halides is 4. The second-order valence-electron chi connectivity index (χ2n) is 9.20. The summed E-state index contributed by atoms with van der Waals surface area (Å²) in [5, 5.41) is 0. The van der Waals surface area contributed by atoms with Crippen LogP contribution in [0.1, 0.15) is 37.5 Å². The monoisotopic (exact) mass is 529 g/mol. The lowest BCUT2D eigenvalue weighted by Gasteiger charge is -2.38. The van der Waals surface area contributed by atoms with E-state index in [9.17, 15) is 30.6 Å². The molecule has 0 aromatic heterocycles. The van der Waals surface area contributed by atoms with E-state index in [0.29, 0.717) is 17.2 Å². The van der Waals surface area contributed by atoms with E-state index in [1.54, 1.807) is 51.1 Å². The molecular formula is C26H25F6NO2S. The zero-order chi connectivity index (χ0) is 26.7. The zero-order valence-corrected chi connectivity index (χ0v) is 20.5. The molecule has 0 saturated carbocycles. The first kappa shape index (κ1) is 27.7. The van der Waals surface area contributed by atoms with Crippen LogP contribution < -0.4 is 9.46 Å². The summed E-state index contributed by atoms with van der Waals surface area (Å²) in [6.07, 6.45) is -9.00. The molecular weight excluding hydrogens is 504 g/mol. The van der Waals surface area contributed by atoms with E-state index in [4.69, 9.17) is 0 Å². The third kappa shape index (κ3) is 6.47. The maximum Gasteiger partial charge on any atom is 0.461 e. The maximum atomic E-state index is 14.7. The fourth-order valence-electron chi connectivity index (χ4n) is 3.54. The molecule has 0 aliphatic carbocycles. The Hall–Kier alpha value is -2.85. The van der Waals surface area contributed by atoms with Crippen LogP contribution >= 0.6 is 0 Å². The van der Waals surface area contributed by atoms with Gasteiger partial charge < -0.3 is 4.74 Å². The Labute approximate surface area is 208 Å². The molecule has 0 fully saturated rings. The van der Waals surface area contributed by atoms with Gasteiger partial charge in [-0.2, -0.15) is 17.6 Å². The average molecular weight is 530 g/mol. The van der Waals surface area contributed by atoms with Crippen molar-refractivity contribution in [2.75, 3.05) is 0 Å². The Morgan fingerprint density at radius 3 is 2.03 bits per heavy atom. The Kier molecular flexibility index (Phi) is 8.20. The standard InChI is InChI=1S/C26H25F6NO2S/c1-24(2,3)36(34)33-25(16-17-7-5-4-6-8-17,18-9-11-20(27)12-10-18)19-13-21(28)15-22(14-19)35-26(31,32)23(29)30/h4-15,23,33H,16H2,1-3H3/t25-,36?/m0/s1. The molecule has 10 heteroatoms. The summed E-state index contributed by atoms with van der Waals surface area (Å²) >= 11 is 0. The van der Waals surface area contributed by atoms with E-state index in [1.165, 1.54) is 12.1 Å². The SMILES string of the molecule is CC(C)(C)S(=O)N[C@@](Cc1ccccc1)(c1ccc(F)cc1)c1cc(F)cc(OC(F)(F)C(F)F)c1. The van der Waals surface area contributed by atoms with Crippen molar-refractivity contribution < 1.29 is 35.3 Å². The second kappa shape index (κ2) is 10.6. The van der Waals surface area contributed by atoms with Crippen LogP contribution in [0.2, 0.25) is 0 Å². The molecule has 2 atom stereocenters. The van der Waals surface area contributed by atoms with E-state index < -0.39 is 51.2 Å². The van der Waals surface area contributed by atoms with E-state index in [-0.39, 0.29) is 12.0 Å². The molecule has 0 aliphatic heterocycles. The highest BCUT2D eigenvalue weighted by molar-refractivity contribution is 7.84. The molecule has 0 amide bonds. The van der Waals surface area contributed by atoms with E-state index in [0.717, 1.165) is 24.3 Å². The summed E-state index contributed by atoms with van der Waals surface area (Å²) in [7, 11) is -1.80. The summed E-state index contributed by atoms with van der Waals surface area (Å²) in [6.45, 7) is 5.08. The molecule has 1 unspecified atom stereocenters. The normalized spacial score (nSPS) is 14.9. The first-order chi connectivity index (χ1) is 16.7. The van der Waals surface area contributed by atoms with Crippen LogP contribution in [0.5, 0.6) is 5.75 Å². The van der Waals surface area contributed by atoms with Crippen LogP contribution in [-0.2, 0) is 22.9 Å². The van der Waals surface area contributed by atoms with Crippen molar-refractivity contribution in [1.29, 1.82) is 0 Å². The predicted octanol–water partition coefficient (Wildman–Crippen LogP) is 6.74. The Morgan fingerprint density at radius 2 is 1.47 bits per heavy atom. The van der Waals surface area contributed by atoms with Gasteiger partial charge in [0.2, 0.25) is 0 Å². The van der Waals surface area contributed by atoms with Crippen molar-refractivity contribution in [3.63, 3.8) is 0 Å². The first-order valence-corrected chi connectivity index (χ1v) is 12.0. The van der Waals surface area contributed by atoms with Crippen LogP contribution in [0, 0.1) is 11.6 Å². The molecule has 0 radical (unpaired) electrons. The van der Waals surface area contributed by atoms with Crippen LogP contribution in [-0.4, -0.2) is 21.5 Å². The number of ether oxygens (including phenoxy) is 1. The van der Waals surface area contributed by atoms with E-state index in [2.05, 4.69) is 9.46 Å². The van der Waals surface area contributed by atoms with Gasteiger partial charge in [-0.15, -0.1) is 0 Å². The second-order valence-corrected chi connectivity index (χ2v) is 11.2. The van der Waals surface area contributed by atoms with Crippen molar-refractivity contribution in [2.45, 2.75) is 50.0 Å². The lowest BCUT2D eigenvalue weighted by molar-refractivity contribution is -0.253. The topological polar surface area (TPSA) is 38.3 Å². The highest BCUT2D eigenvalue weighted by Crippen LogP contribution is 2.38. The Balaban J connectivity index is 2.29. The number of hydrogen-bond acceptors (Lipinski definition) is 2. The molecule has 0 saturated heterocycles. The molecule has 0 heterocycles. The number of benzene rings is 3. The van der Waals surface area contributed by atoms with Crippen LogP contribution in [0.25, 0.3) is 0 Å². The van der Waals surface area contributed by atoms with Gasteiger partial charge in [0.05, 0.1) is 21.3 Å². The molecule has 3 aromatic rings. The highest BCUT2D eigenvalue weighted by Gasteiger charge is 2.45. The fourth-order valence-corrected chi connectivity index (χ4v) is 4.47. The number of rotatable bonds is 9. The van der Waals surface area contributed by atoms with Gasteiger partial charge in [0.25, 0.3) is 0 Å². The van der Waals surface area contributed by atoms with Gasteiger partial charge in [-0.05, 0) is 68.1 Å². The number of hydrogen-bond donors (Lipinski definition) is 1. The van der Waals surface area contributed by atoms with Crippen LogP contribution in [0.4, 0.5) is 26.3 Å². The third-order valence-corrected chi connectivity index (χ3v) is 6.99. The minimum atomic E-state index is -4.87. The largest absolute Gasteiger partial charge is 0.461 e. The van der Waals surface area contributed by atoms with Crippen molar-refractivity contribution in [1.82, 2.24) is 4.72 Å². The summed E-state index contributed by atoms with van der Waals surface area (Å²) in [5.74, 6) is -2.46. The van der Waals surface area contributed by atoms with Crippen LogP contribution in [0.3, 0.4) is 0 Å². The van der Waals surface area contributed by atoms with Crippen molar-refractivity contribution >= 4 is 11.0 Å². The molecule has 36 heavy (non-hydrogen) atoms. The molecule has 0 aliphatic rings. The lowest BCUT2D eigenvalue weighted by atomic mass is 9.78. The van der Waals surface area contributed by atoms with Gasteiger partial charge >= 0.3 is 12.5 Å². The summed E-state index contributed by atoms with van der Waals surface area (Å²) < 4.78 is 101. The first-order valence-electron chi connectivity index (χ1n) is 10.9. The minimum Gasteiger partial charge on any atom is -0.428 e. The van der Waals surface area contributed by atoms with Gasteiger partial charge in [0, 0.05) is 6.07 Å². The van der Waals surface area contributed by atoms with Crippen LogP contribution in [0.15, 0.2) is 72.8 Å². The summed E-state index contributed by atoms with van der Waals surface area (Å²) in [6, 6.07) is 16.4. The zero-order valence-electron chi connectivity index (χ0n) is 19.7.